The van der Waals surface area contributed by atoms with Crippen LogP contribution < -0.4 is 4.74 Å². The number of carbonyl (C=O) groups excluding carboxylic acids is 1. The number of carbonyl (C=O) groups is 1. The van der Waals surface area contributed by atoms with E-state index in [1.807, 2.05) is 38.3 Å². The van der Waals surface area contributed by atoms with Crippen molar-refractivity contribution in [2.24, 2.45) is 0 Å². The number of hydrogen-bond donors (Lipinski definition) is 1. The monoisotopic (exact) mass is 420 g/mol. The molecule has 1 unspecified atom stereocenters. The minimum absolute atomic E-state index is 0.0187. The van der Waals surface area contributed by atoms with E-state index in [2.05, 4.69) is 19.9 Å². The Bertz CT molecular complexity index is 999. The second-order valence-electron chi connectivity index (χ2n) is 6.54. The Morgan fingerprint density at radius 2 is 1.97 bits per heavy atom. The van der Waals surface area contributed by atoms with E-state index in [4.69, 9.17) is 0 Å². The van der Waals surface area contributed by atoms with Gasteiger partial charge in [-0.25, -0.2) is 4.98 Å². The fourth-order valence-corrected chi connectivity index (χ4v) is 3.92. The number of hydrogen-bond acceptors (Lipinski definition) is 5. The number of nitrogens with one attached hydrogen (secondary N) is 1. The minimum atomic E-state index is -2.86. The number of benzene rings is 1. The number of ether oxygens (including phenoxy) is 1. The van der Waals surface area contributed by atoms with Crippen LogP contribution in [-0.4, -0.2) is 37.4 Å². The van der Waals surface area contributed by atoms with Crippen LogP contribution in [0.3, 0.4) is 0 Å². The summed E-state index contributed by atoms with van der Waals surface area (Å²) in [6.07, 6.45) is 0.748. The van der Waals surface area contributed by atoms with Gasteiger partial charge >= 0.3 is 6.61 Å². The van der Waals surface area contributed by atoms with Crippen molar-refractivity contribution in [3.63, 3.8) is 0 Å². The maximum absolute atomic E-state index is 13.0. The maximum Gasteiger partial charge on any atom is 0.387 e. The second-order valence-corrected chi connectivity index (χ2v) is 7.84. The Hall–Kier alpha value is -2.68. The predicted octanol–water partition coefficient (Wildman–Crippen LogP) is 4.74. The highest BCUT2D eigenvalue weighted by molar-refractivity contribution is 8.00. The molecule has 0 bridgehead atoms. The van der Waals surface area contributed by atoms with E-state index in [9.17, 15) is 13.6 Å². The molecule has 0 amide bonds. The number of halogens is 2. The van der Waals surface area contributed by atoms with Crippen LogP contribution in [0, 0.1) is 13.8 Å². The van der Waals surface area contributed by atoms with Crippen molar-refractivity contribution in [3.05, 3.63) is 53.1 Å². The highest BCUT2D eigenvalue weighted by Crippen LogP contribution is 2.28. The highest BCUT2D eigenvalue weighted by Gasteiger charge is 2.23. The minimum Gasteiger partial charge on any atom is -0.435 e. The fourth-order valence-electron chi connectivity index (χ4n) is 3.11. The molecule has 0 aliphatic heterocycles. The van der Waals surface area contributed by atoms with E-state index in [1.54, 1.807) is 12.1 Å². The summed E-state index contributed by atoms with van der Waals surface area (Å²) in [6.45, 7) is 4.70. The van der Waals surface area contributed by atoms with Crippen molar-refractivity contribution in [1.29, 1.82) is 0 Å². The Balaban J connectivity index is 1.81. The quantitative estimate of drug-likeness (QED) is 0.421. The lowest BCUT2D eigenvalue weighted by molar-refractivity contribution is -0.0498. The van der Waals surface area contributed by atoms with Crippen LogP contribution in [-0.2, 0) is 6.42 Å². The van der Waals surface area contributed by atoms with Crippen molar-refractivity contribution in [2.75, 3.05) is 0 Å². The molecule has 0 saturated carbocycles. The van der Waals surface area contributed by atoms with Crippen molar-refractivity contribution < 1.29 is 18.3 Å². The van der Waals surface area contributed by atoms with Crippen LogP contribution in [0.1, 0.15) is 41.4 Å². The van der Waals surface area contributed by atoms with E-state index in [0.717, 1.165) is 29.3 Å². The van der Waals surface area contributed by atoms with Crippen LogP contribution >= 0.6 is 11.8 Å². The van der Waals surface area contributed by atoms with Crippen molar-refractivity contribution in [3.8, 4) is 11.4 Å². The molecule has 29 heavy (non-hydrogen) atoms. The number of rotatable bonds is 8. The van der Waals surface area contributed by atoms with E-state index in [0.29, 0.717) is 10.7 Å². The van der Waals surface area contributed by atoms with Gasteiger partial charge in [-0.1, -0.05) is 18.7 Å². The molecule has 9 heteroatoms. The van der Waals surface area contributed by atoms with Gasteiger partial charge in [0.05, 0.1) is 5.25 Å². The molecule has 2 aromatic heterocycles. The normalized spacial score (nSPS) is 12.4. The largest absolute Gasteiger partial charge is 0.435 e. The number of Topliss-reactive ketones (excluding diaryl/α,β-unsaturated/α-hetero) is 1. The molecule has 6 nitrogen and oxygen atoms in total. The van der Waals surface area contributed by atoms with Gasteiger partial charge in [0, 0.05) is 29.1 Å². The number of H-pyrrole nitrogens is 1. The Kier molecular flexibility index (Phi) is 6.36. The molecular formula is C20H22F2N4O2S. The van der Waals surface area contributed by atoms with Crippen LogP contribution in [0.2, 0.25) is 0 Å². The zero-order valence-corrected chi connectivity index (χ0v) is 17.4. The van der Waals surface area contributed by atoms with E-state index in [1.165, 1.54) is 23.9 Å². The van der Waals surface area contributed by atoms with Gasteiger partial charge in [0.25, 0.3) is 0 Å². The van der Waals surface area contributed by atoms with Crippen LogP contribution in [0.15, 0.2) is 35.5 Å². The lowest BCUT2D eigenvalue weighted by Crippen LogP contribution is -2.15. The fraction of sp³-hybridized carbons (Fsp3) is 0.350. The summed E-state index contributed by atoms with van der Waals surface area (Å²) >= 11 is 1.31. The zero-order valence-electron chi connectivity index (χ0n) is 16.6. The SMILES string of the molecule is CCc1nc(SC(C)C(=O)c2cc(C)n(-c3ccc(OC(F)F)cc3)c2C)n[nH]1. The third-order valence-corrected chi connectivity index (χ3v) is 5.48. The molecule has 0 saturated heterocycles. The highest BCUT2D eigenvalue weighted by atomic mass is 32.2. The first-order valence-electron chi connectivity index (χ1n) is 9.16. The van der Waals surface area contributed by atoms with Crippen molar-refractivity contribution >= 4 is 17.5 Å². The van der Waals surface area contributed by atoms with E-state index >= 15 is 0 Å². The van der Waals surface area contributed by atoms with Crippen molar-refractivity contribution in [2.45, 2.75) is 51.1 Å². The van der Waals surface area contributed by atoms with Gasteiger partial charge in [-0.2, -0.15) is 8.78 Å². The molecule has 0 spiro atoms. The summed E-state index contributed by atoms with van der Waals surface area (Å²) in [5.41, 5.74) is 3.03. The molecule has 3 rings (SSSR count). The molecule has 2 heterocycles. The molecule has 0 fully saturated rings. The summed E-state index contributed by atoms with van der Waals surface area (Å²) < 4.78 is 31.0. The summed E-state index contributed by atoms with van der Waals surface area (Å²) in [5, 5.41) is 7.17. The average molecular weight is 420 g/mol. The topological polar surface area (TPSA) is 72.8 Å². The number of nitrogens with zero attached hydrogens (tertiary/aromatic N) is 3. The van der Waals surface area contributed by atoms with Crippen LogP contribution in [0.5, 0.6) is 5.75 Å². The molecule has 3 aromatic rings. The number of aryl methyl sites for hydroxylation is 2. The Morgan fingerprint density at radius 3 is 2.55 bits per heavy atom. The molecule has 0 radical (unpaired) electrons. The summed E-state index contributed by atoms with van der Waals surface area (Å²) in [5.74, 6) is 0.852. The lowest BCUT2D eigenvalue weighted by atomic mass is 10.1. The maximum atomic E-state index is 13.0. The first-order valence-corrected chi connectivity index (χ1v) is 10.0. The molecule has 154 valence electrons. The summed E-state index contributed by atoms with van der Waals surface area (Å²) in [7, 11) is 0. The van der Waals surface area contributed by atoms with Gasteiger partial charge < -0.3 is 9.30 Å². The van der Waals surface area contributed by atoms with Gasteiger partial charge in [-0.15, -0.1) is 5.10 Å². The van der Waals surface area contributed by atoms with Gasteiger partial charge in [0.15, 0.2) is 5.78 Å². The van der Waals surface area contributed by atoms with Gasteiger partial charge in [0.1, 0.15) is 11.6 Å². The number of ketones is 1. The van der Waals surface area contributed by atoms with E-state index < -0.39 is 6.61 Å². The number of alkyl halides is 2. The molecular weight excluding hydrogens is 398 g/mol. The molecule has 1 N–H and O–H groups in total. The number of aromatic nitrogens is 4. The first kappa shape index (κ1) is 21.0. The standard InChI is InChI=1S/C20H22F2N4O2S/c1-5-17-23-20(25-24-17)29-13(4)18(27)16-10-11(2)26(12(16)3)14-6-8-15(9-7-14)28-19(21)22/h6-10,13,19H,5H2,1-4H3,(H,23,24,25). The third-order valence-electron chi connectivity index (χ3n) is 4.51. The lowest BCUT2D eigenvalue weighted by Gasteiger charge is -2.12. The van der Waals surface area contributed by atoms with Gasteiger partial charge in [0.2, 0.25) is 5.16 Å². The second kappa shape index (κ2) is 8.77. The molecule has 1 aromatic carbocycles. The third kappa shape index (κ3) is 4.67. The Morgan fingerprint density at radius 1 is 1.28 bits per heavy atom. The molecule has 0 aliphatic carbocycles. The Labute approximate surface area is 171 Å². The number of aromatic amines is 1. The van der Waals surface area contributed by atoms with Crippen molar-refractivity contribution in [1.82, 2.24) is 19.7 Å². The zero-order chi connectivity index (χ0) is 21.1. The summed E-state index contributed by atoms with van der Waals surface area (Å²) in [4.78, 5) is 17.4. The van der Waals surface area contributed by atoms with Gasteiger partial charge in [-0.3, -0.25) is 9.89 Å². The average Bonchev–Trinajstić information content (AvgIpc) is 3.25. The molecule has 1 atom stereocenters. The molecule has 0 aliphatic rings. The van der Waals surface area contributed by atoms with Crippen LogP contribution in [0.25, 0.3) is 5.69 Å². The summed E-state index contributed by atoms with van der Waals surface area (Å²) in [6, 6.07) is 8.17. The number of thioether (sulfide) groups is 1. The smallest absolute Gasteiger partial charge is 0.387 e. The predicted molar refractivity (Wildman–Crippen MR) is 107 cm³/mol. The van der Waals surface area contributed by atoms with Crippen LogP contribution in [0.4, 0.5) is 8.78 Å². The van der Waals surface area contributed by atoms with E-state index in [-0.39, 0.29) is 16.8 Å². The van der Waals surface area contributed by atoms with Gasteiger partial charge in [-0.05, 0) is 51.1 Å². The first-order chi connectivity index (χ1) is 13.8.